The van der Waals surface area contributed by atoms with Gasteiger partial charge in [-0.05, 0) is 60.9 Å². The second-order valence-electron chi connectivity index (χ2n) is 7.98. The van der Waals surface area contributed by atoms with Gasteiger partial charge in [-0.25, -0.2) is 4.39 Å². The molecule has 0 unspecified atom stereocenters. The van der Waals surface area contributed by atoms with Gasteiger partial charge in [0.2, 0.25) is 5.91 Å². The molecule has 1 aliphatic heterocycles. The molecule has 0 aromatic heterocycles. The van der Waals surface area contributed by atoms with E-state index in [9.17, 15) is 14.0 Å². The largest absolute Gasteiger partial charge is 0.352 e. The Kier molecular flexibility index (Phi) is 7.16. The third kappa shape index (κ3) is 5.67. The van der Waals surface area contributed by atoms with Crippen molar-refractivity contribution in [1.82, 2.24) is 5.32 Å². The Hall–Kier alpha value is -3.91. The molecular weight excluding hydrogens is 414 g/mol. The zero-order chi connectivity index (χ0) is 23.0. The smallest absolute Gasteiger partial charge is 0.251 e. The summed E-state index contributed by atoms with van der Waals surface area (Å²) >= 11 is 0. The van der Waals surface area contributed by atoms with E-state index in [4.69, 9.17) is 0 Å². The van der Waals surface area contributed by atoms with Crippen LogP contribution in [0.3, 0.4) is 0 Å². The van der Waals surface area contributed by atoms with Crippen molar-refractivity contribution >= 4 is 17.5 Å². The number of nitrogens with one attached hydrogen (secondary N) is 1. The van der Waals surface area contributed by atoms with Crippen LogP contribution in [-0.4, -0.2) is 18.4 Å². The fourth-order valence-corrected chi connectivity index (χ4v) is 3.83. The molecule has 2 amide bonds. The lowest BCUT2D eigenvalue weighted by Crippen LogP contribution is -2.31. The molecule has 0 bridgehead atoms. The molecule has 0 spiro atoms. The van der Waals surface area contributed by atoms with Crippen LogP contribution < -0.4 is 10.2 Å². The van der Waals surface area contributed by atoms with Gasteiger partial charge >= 0.3 is 0 Å². The first-order valence-electron chi connectivity index (χ1n) is 11.1. The fraction of sp³-hybridized carbons (Fsp3) is 0.214. The normalized spacial score (nSPS) is 11.8. The average Bonchev–Trinajstić information content (AvgIpc) is 2.83. The molecule has 1 aliphatic rings. The van der Waals surface area contributed by atoms with Crippen LogP contribution in [0.5, 0.6) is 0 Å². The van der Waals surface area contributed by atoms with Gasteiger partial charge < -0.3 is 10.2 Å². The van der Waals surface area contributed by atoms with E-state index < -0.39 is 0 Å². The van der Waals surface area contributed by atoms with Crippen molar-refractivity contribution < 1.29 is 14.0 Å². The second-order valence-corrected chi connectivity index (χ2v) is 7.98. The molecule has 5 heteroatoms. The van der Waals surface area contributed by atoms with Crippen molar-refractivity contribution in [3.63, 3.8) is 0 Å². The maximum absolute atomic E-state index is 13.2. The number of anilines is 1. The summed E-state index contributed by atoms with van der Waals surface area (Å²) in [5, 5.41) is 2.84. The highest BCUT2D eigenvalue weighted by atomic mass is 18.2. The van der Waals surface area contributed by atoms with Crippen LogP contribution in [0.15, 0.2) is 72.8 Å². The van der Waals surface area contributed by atoms with E-state index in [-0.39, 0.29) is 17.6 Å². The van der Waals surface area contributed by atoms with Crippen LogP contribution in [-0.2, 0) is 11.3 Å². The molecule has 4 nitrogen and oxygen atoms in total. The maximum atomic E-state index is 13.2. The Morgan fingerprint density at radius 1 is 0.848 bits per heavy atom. The Morgan fingerprint density at radius 2 is 1.55 bits per heavy atom. The van der Waals surface area contributed by atoms with Crippen LogP contribution in [0, 0.1) is 17.7 Å². The van der Waals surface area contributed by atoms with E-state index in [1.54, 1.807) is 0 Å². The zero-order valence-electron chi connectivity index (χ0n) is 18.3. The molecule has 0 saturated carbocycles. The van der Waals surface area contributed by atoms with Gasteiger partial charge in [0.1, 0.15) is 5.82 Å². The minimum atomic E-state index is -0.366. The Balaban J connectivity index is 1.31. The number of rotatable bonds is 7. The molecule has 3 aromatic rings. The molecule has 33 heavy (non-hydrogen) atoms. The predicted molar refractivity (Wildman–Crippen MR) is 127 cm³/mol. The van der Waals surface area contributed by atoms with Gasteiger partial charge in [-0.2, -0.15) is 0 Å². The lowest BCUT2D eigenvalue weighted by molar-refractivity contribution is -0.118. The number of amides is 2. The van der Waals surface area contributed by atoms with Crippen molar-refractivity contribution in [3.05, 3.63) is 101 Å². The van der Waals surface area contributed by atoms with Gasteiger partial charge in [-0.1, -0.05) is 48.6 Å². The molecule has 1 N–H and O–H groups in total. The second kappa shape index (κ2) is 10.6. The quantitative estimate of drug-likeness (QED) is 0.413. The topological polar surface area (TPSA) is 49.4 Å². The predicted octanol–water partition coefficient (Wildman–Crippen LogP) is 5.06. The Morgan fingerprint density at radius 3 is 2.36 bits per heavy atom. The SMILES string of the molecule is O=C(NCCCCCC(=O)N1Cc2ccccc2C#Cc2ccccc21)c1ccc([18F])cc1. The Bertz CT molecular complexity index is 1210. The number of carbonyl (C=O) groups excluding carboxylic acids is 2. The van der Waals surface area contributed by atoms with Crippen LogP contribution in [0.25, 0.3) is 0 Å². The summed E-state index contributed by atoms with van der Waals surface area (Å²) < 4.78 is 13.0. The molecule has 0 aliphatic carbocycles. The summed E-state index contributed by atoms with van der Waals surface area (Å²) in [5.41, 5.74) is 4.11. The van der Waals surface area contributed by atoms with Crippen molar-refractivity contribution in [1.29, 1.82) is 0 Å². The van der Waals surface area contributed by atoms with Crippen molar-refractivity contribution in [2.45, 2.75) is 32.2 Å². The standard InChI is InChI=1S/C28H25FN2O2/c29-25-17-15-23(16-18-25)28(33)30-19-7-1-2-12-27(32)31-20-24-10-4-3-8-21(24)13-14-22-9-5-6-11-26(22)31/h3-6,8-11,15-18H,1-2,7,12,19-20H2,(H,30,33)/i29-1. The van der Waals surface area contributed by atoms with Crippen molar-refractivity contribution in [2.75, 3.05) is 11.4 Å². The molecular formula is C28H25FN2O2. The monoisotopic (exact) mass is 439 g/mol. The van der Waals surface area contributed by atoms with Crippen LogP contribution in [0.1, 0.15) is 52.7 Å². The zero-order valence-corrected chi connectivity index (χ0v) is 18.3. The number of para-hydroxylation sites is 1. The molecule has 4 rings (SSSR count). The highest BCUT2D eigenvalue weighted by Gasteiger charge is 2.20. The van der Waals surface area contributed by atoms with Gasteiger partial charge in [-0.3, -0.25) is 9.59 Å². The van der Waals surface area contributed by atoms with E-state index in [0.717, 1.165) is 41.6 Å². The van der Waals surface area contributed by atoms with Crippen LogP contribution >= 0.6 is 0 Å². The number of fused-ring (bicyclic) bond motifs is 2. The lowest BCUT2D eigenvalue weighted by atomic mass is 10.0. The summed E-state index contributed by atoms with van der Waals surface area (Å²) in [6.45, 7) is 1.01. The highest BCUT2D eigenvalue weighted by molar-refractivity contribution is 5.95. The van der Waals surface area contributed by atoms with Gasteiger partial charge in [0.15, 0.2) is 0 Å². The molecule has 0 atom stereocenters. The van der Waals surface area contributed by atoms with Crippen LogP contribution in [0.2, 0.25) is 0 Å². The minimum Gasteiger partial charge on any atom is -0.352 e. The number of hydrogen-bond donors (Lipinski definition) is 1. The first kappa shape index (κ1) is 22.3. The van der Waals surface area contributed by atoms with E-state index in [2.05, 4.69) is 17.2 Å². The van der Waals surface area contributed by atoms with E-state index in [0.29, 0.717) is 25.1 Å². The number of nitrogens with zero attached hydrogens (tertiary/aromatic N) is 1. The van der Waals surface area contributed by atoms with Crippen LogP contribution in [0.4, 0.5) is 10.1 Å². The number of carbonyl (C=O) groups is 2. The minimum absolute atomic E-state index is 0.0660. The number of unbranched alkanes of at least 4 members (excludes halogenated alkanes) is 2. The molecule has 1 heterocycles. The van der Waals surface area contributed by atoms with E-state index in [1.807, 2.05) is 53.4 Å². The third-order valence-electron chi connectivity index (χ3n) is 5.63. The fourth-order valence-electron chi connectivity index (χ4n) is 3.83. The lowest BCUT2D eigenvalue weighted by Gasteiger charge is -2.26. The summed E-state index contributed by atoms with van der Waals surface area (Å²) in [5.74, 6) is 5.92. The summed E-state index contributed by atoms with van der Waals surface area (Å²) in [4.78, 5) is 27.1. The number of benzene rings is 3. The van der Waals surface area contributed by atoms with Gasteiger partial charge in [0.05, 0.1) is 12.2 Å². The first-order chi connectivity index (χ1) is 16.1. The van der Waals surface area contributed by atoms with Gasteiger partial charge in [-0.15, -0.1) is 0 Å². The summed E-state index contributed by atoms with van der Waals surface area (Å²) in [6.07, 6.45) is 2.75. The molecule has 3 aromatic carbocycles. The van der Waals surface area contributed by atoms with Crippen molar-refractivity contribution in [3.8, 4) is 11.8 Å². The van der Waals surface area contributed by atoms with E-state index >= 15 is 0 Å². The Labute approximate surface area is 193 Å². The number of halogens is 1. The van der Waals surface area contributed by atoms with Gasteiger partial charge in [0.25, 0.3) is 5.91 Å². The molecule has 166 valence electrons. The number of hydrogen-bond acceptors (Lipinski definition) is 2. The summed E-state index contributed by atoms with van der Waals surface area (Å²) in [6, 6.07) is 21.2. The molecule has 0 fully saturated rings. The molecule has 0 saturated heterocycles. The summed E-state index contributed by atoms with van der Waals surface area (Å²) in [7, 11) is 0. The maximum Gasteiger partial charge on any atom is 0.251 e. The van der Waals surface area contributed by atoms with E-state index in [1.165, 1.54) is 24.3 Å². The first-order valence-corrected chi connectivity index (χ1v) is 11.1. The average molecular weight is 440 g/mol. The van der Waals surface area contributed by atoms with Gasteiger partial charge in [0, 0.05) is 29.7 Å². The highest BCUT2D eigenvalue weighted by Crippen LogP contribution is 2.26. The molecule has 0 radical (unpaired) electrons. The van der Waals surface area contributed by atoms with Crippen molar-refractivity contribution in [2.24, 2.45) is 0 Å². The third-order valence-corrected chi connectivity index (χ3v) is 5.63.